The second-order valence-corrected chi connectivity index (χ2v) is 6.51. The van der Waals surface area contributed by atoms with Crippen LogP contribution in [0.5, 0.6) is 5.75 Å². The van der Waals surface area contributed by atoms with Crippen LogP contribution in [0, 0.1) is 0 Å². The van der Waals surface area contributed by atoms with Crippen LogP contribution in [0.4, 0.5) is 0 Å². The maximum absolute atomic E-state index is 6.23. The highest BCUT2D eigenvalue weighted by atomic mass is 16.7. The zero-order valence-electron chi connectivity index (χ0n) is 14.0. The van der Waals surface area contributed by atoms with E-state index in [0.29, 0.717) is 13.2 Å². The molecule has 0 bridgehead atoms. The Morgan fingerprint density at radius 2 is 1.92 bits per heavy atom. The molecule has 2 heterocycles. The van der Waals surface area contributed by atoms with E-state index >= 15 is 0 Å². The van der Waals surface area contributed by atoms with Gasteiger partial charge in [0, 0.05) is 38.6 Å². The molecule has 126 valence electrons. The molecule has 0 atom stereocenters. The fourth-order valence-corrected chi connectivity index (χ4v) is 3.47. The lowest BCUT2D eigenvalue weighted by molar-refractivity contribution is -0.218. The number of hydrogen-bond donors (Lipinski definition) is 1. The maximum atomic E-state index is 6.23. The molecule has 0 aromatic heterocycles. The molecule has 1 N–H and O–H groups in total. The number of piperidine rings is 1. The second-order valence-electron chi connectivity index (χ2n) is 6.51. The van der Waals surface area contributed by atoms with Crippen LogP contribution < -0.4 is 10.1 Å². The first-order valence-electron chi connectivity index (χ1n) is 8.53. The lowest BCUT2D eigenvalue weighted by atomic mass is 9.99. The SMILES string of the molecule is COCc1cccc(-c2ccc3c(c2)COC2(CCNCC2)O3)c1. The van der Waals surface area contributed by atoms with Gasteiger partial charge < -0.3 is 19.5 Å². The Labute approximate surface area is 142 Å². The average Bonchev–Trinajstić information content (AvgIpc) is 2.62. The number of rotatable bonds is 3. The summed E-state index contributed by atoms with van der Waals surface area (Å²) in [5.74, 6) is 0.526. The van der Waals surface area contributed by atoms with Crippen molar-refractivity contribution in [1.29, 1.82) is 0 Å². The molecule has 1 saturated heterocycles. The van der Waals surface area contributed by atoms with E-state index in [1.54, 1.807) is 7.11 Å². The van der Waals surface area contributed by atoms with Crippen LogP contribution in [0.3, 0.4) is 0 Å². The van der Waals surface area contributed by atoms with Gasteiger partial charge in [-0.1, -0.05) is 24.3 Å². The third kappa shape index (κ3) is 3.05. The zero-order chi connectivity index (χ0) is 16.4. The summed E-state index contributed by atoms with van der Waals surface area (Å²) in [5, 5.41) is 3.36. The lowest BCUT2D eigenvalue weighted by Crippen LogP contribution is -2.49. The van der Waals surface area contributed by atoms with Crippen LogP contribution >= 0.6 is 0 Å². The van der Waals surface area contributed by atoms with E-state index in [9.17, 15) is 0 Å². The number of methoxy groups -OCH3 is 1. The van der Waals surface area contributed by atoms with E-state index in [-0.39, 0.29) is 0 Å². The van der Waals surface area contributed by atoms with Crippen molar-refractivity contribution >= 4 is 0 Å². The van der Waals surface area contributed by atoms with Crippen molar-refractivity contribution in [2.75, 3.05) is 20.2 Å². The smallest absolute Gasteiger partial charge is 0.213 e. The molecule has 0 radical (unpaired) electrons. The molecule has 0 aliphatic carbocycles. The van der Waals surface area contributed by atoms with Gasteiger partial charge in [0.05, 0.1) is 13.2 Å². The number of nitrogens with one attached hydrogen (secondary N) is 1. The van der Waals surface area contributed by atoms with Gasteiger partial charge in [-0.15, -0.1) is 0 Å². The molecule has 2 aliphatic rings. The molecule has 1 spiro atoms. The molecule has 0 saturated carbocycles. The van der Waals surface area contributed by atoms with Crippen molar-refractivity contribution in [3.05, 3.63) is 53.6 Å². The average molecular weight is 325 g/mol. The van der Waals surface area contributed by atoms with Crippen molar-refractivity contribution in [3.63, 3.8) is 0 Å². The van der Waals surface area contributed by atoms with Crippen molar-refractivity contribution in [3.8, 4) is 16.9 Å². The highest BCUT2D eigenvalue weighted by Crippen LogP contribution is 2.38. The summed E-state index contributed by atoms with van der Waals surface area (Å²) in [7, 11) is 1.72. The van der Waals surface area contributed by atoms with Crippen LogP contribution in [-0.2, 0) is 22.7 Å². The summed E-state index contributed by atoms with van der Waals surface area (Å²) in [5.41, 5.74) is 4.66. The molecule has 2 aromatic carbocycles. The fourth-order valence-electron chi connectivity index (χ4n) is 3.47. The third-order valence-corrected chi connectivity index (χ3v) is 4.78. The molecule has 2 aliphatic heterocycles. The molecular formula is C20H23NO3. The van der Waals surface area contributed by atoms with Crippen LogP contribution in [0.15, 0.2) is 42.5 Å². The topological polar surface area (TPSA) is 39.7 Å². The van der Waals surface area contributed by atoms with Gasteiger partial charge in [-0.25, -0.2) is 0 Å². The van der Waals surface area contributed by atoms with Crippen LogP contribution in [0.25, 0.3) is 11.1 Å². The summed E-state index contributed by atoms with van der Waals surface area (Å²) in [6, 6.07) is 14.8. The Kier molecular flexibility index (Phi) is 4.27. The Bertz CT molecular complexity index is 723. The first-order chi connectivity index (χ1) is 11.8. The molecule has 4 nitrogen and oxygen atoms in total. The van der Waals surface area contributed by atoms with Crippen molar-refractivity contribution in [1.82, 2.24) is 5.32 Å². The van der Waals surface area contributed by atoms with Gasteiger partial charge in [-0.05, 0) is 34.9 Å². The summed E-state index contributed by atoms with van der Waals surface area (Å²) in [4.78, 5) is 0. The van der Waals surface area contributed by atoms with Crippen LogP contribution in [0.1, 0.15) is 24.0 Å². The number of fused-ring (bicyclic) bond motifs is 1. The number of benzene rings is 2. The van der Waals surface area contributed by atoms with Crippen molar-refractivity contribution < 1.29 is 14.2 Å². The molecule has 0 unspecified atom stereocenters. The van der Waals surface area contributed by atoms with Gasteiger partial charge in [0.1, 0.15) is 5.75 Å². The van der Waals surface area contributed by atoms with Gasteiger partial charge in [0.25, 0.3) is 0 Å². The molecule has 4 heteroatoms. The Balaban J connectivity index is 1.59. The van der Waals surface area contributed by atoms with Gasteiger partial charge >= 0.3 is 0 Å². The van der Waals surface area contributed by atoms with E-state index < -0.39 is 5.79 Å². The zero-order valence-corrected chi connectivity index (χ0v) is 14.0. The molecule has 2 aromatic rings. The lowest BCUT2D eigenvalue weighted by Gasteiger charge is -2.41. The van der Waals surface area contributed by atoms with Crippen molar-refractivity contribution in [2.45, 2.75) is 31.8 Å². The van der Waals surface area contributed by atoms with Gasteiger partial charge in [0.2, 0.25) is 5.79 Å². The Hall–Kier alpha value is -1.88. The highest BCUT2D eigenvalue weighted by Gasteiger charge is 2.38. The fraction of sp³-hybridized carbons (Fsp3) is 0.400. The van der Waals surface area contributed by atoms with E-state index in [0.717, 1.165) is 37.2 Å². The van der Waals surface area contributed by atoms with Gasteiger partial charge in [0.15, 0.2) is 0 Å². The summed E-state index contributed by atoms with van der Waals surface area (Å²) >= 11 is 0. The van der Waals surface area contributed by atoms with E-state index in [4.69, 9.17) is 14.2 Å². The second kappa shape index (κ2) is 6.55. The third-order valence-electron chi connectivity index (χ3n) is 4.78. The molecular weight excluding hydrogens is 302 g/mol. The summed E-state index contributed by atoms with van der Waals surface area (Å²) in [6.45, 7) is 3.13. The quantitative estimate of drug-likeness (QED) is 0.938. The first kappa shape index (κ1) is 15.6. The minimum absolute atomic E-state index is 0.432. The van der Waals surface area contributed by atoms with Crippen LogP contribution in [-0.4, -0.2) is 26.0 Å². The molecule has 4 rings (SSSR count). The molecule has 1 fully saturated rings. The van der Waals surface area contributed by atoms with Gasteiger partial charge in [-0.3, -0.25) is 0 Å². The number of hydrogen-bond acceptors (Lipinski definition) is 4. The van der Waals surface area contributed by atoms with E-state index in [2.05, 4.69) is 47.8 Å². The standard InChI is InChI=1S/C20H23NO3/c1-22-13-15-3-2-4-16(11-15)17-5-6-19-18(12-17)14-23-20(24-19)7-9-21-10-8-20/h2-6,11-12,21H,7-10,13-14H2,1H3. The van der Waals surface area contributed by atoms with Crippen molar-refractivity contribution in [2.24, 2.45) is 0 Å². The first-order valence-corrected chi connectivity index (χ1v) is 8.53. The number of ether oxygens (including phenoxy) is 3. The summed E-state index contributed by atoms with van der Waals surface area (Å²) < 4.78 is 17.6. The van der Waals surface area contributed by atoms with Gasteiger partial charge in [-0.2, -0.15) is 0 Å². The Morgan fingerprint density at radius 3 is 2.75 bits per heavy atom. The monoisotopic (exact) mass is 325 g/mol. The largest absolute Gasteiger partial charge is 0.462 e. The minimum Gasteiger partial charge on any atom is -0.462 e. The normalized spacial score (nSPS) is 18.9. The Morgan fingerprint density at radius 1 is 1.08 bits per heavy atom. The predicted octanol–water partition coefficient (Wildman–Crippen LogP) is 3.49. The molecule has 0 amide bonds. The highest BCUT2D eigenvalue weighted by molar-refractivity contribution is 5.66. The van der Waals surface area contributed by atoms with Crippen LogP contribution in [0.2, 0.25) is 0 Å². The predicted molar refractivity (Wildman–Crippen MR) is 92.8 cm³/mol. The maximum Gasteiger partial charge on any atom is 0.213 e. The van der Waals surface area contributed by atoms with E-state index in [1.807, 2.05) is 0 Å². The van der Waals surface area contributed by atoms with E-state index in [1.165, 1.54) is 16.7 Å². The summed E-state index contributed by atoms with van der Waals surface area (Å²) in [6.07, 6.45) is 1.79. The molecule has 24 heavy (non-hydrogen) atoms. The minimum atomic E-state index is -0.432.